The Kier molecular flexibility index (Phi) is 4.42. The summed E-state index contributed by atoms with van der Waals surface area (Å²) in [6.07, 6.45) is 5.47. The van der Waals surface area contributed by atoms with Gasteiger partial charge in [0.15, 0.2) is 5.11 Å². The smallest absolute Gasteiger partial charge is 0.170 e. The fourth-order valence-electron chi connectivity index (χ4n) is 3.51. The summed E-state index contributed by atoms with van der Waals surface area (Å²) in [4.78, 5) is 10.9. The van der Waals surface area contributed by atoms with Crippen LogP contribution in [-0.2, 0) is 13.6 Å². The highest BCUT2D eigenvalue weighted by molar-refractivity contribution is 7.80. The number of thiocarbonyl (C=S) groups is 1. The highest BCUT2D eigenvalue weighted by atomic mass is 32.1. The Bertz CT molecular complexity index is 906. The fourth-order valence-corrected chi connectivity index (χ4v) is 3.82. The third-order valence-corrected chi connectivity index (χ3v) is 5.37. The van der Waals surface area contributed by atoms with E-state index in [-0.39, 0.29) is 12.1 Å². The molecule has 2 atom stereocenters. The van der Waals surface area contributed by atoms with Gasteiger partial charge in [-0.3, -0.25) is 9.97 Å². The zero-order valence-electron chi connectivity index (χ0n) is 14.8. The van der Waals surface area contributed by atoms with Gasteiger partial charge < -0.3 is 14.8 Å². The summed E-state index contributed by atoms with van der Waals surface area (Å²) >= 11 is 5.71. The van der Waals surface area contributed by atoms with Gasteiger partial charge >= 0.3 is 0 Å². The van der Waals surface area contributed by atoms with Gasteiger partial charge in [-0.05, 0) is 61.1 Å². The van der Waals surface area contributed by atoms with Gasteiger partial charge in [-0.1, -0.05) is 6.07 Å². The maximum atomic E-state index is 5.71. The molecule has 0 saturated carbocycles. The second-order valence-electron chi connectivity index (χ2n) is 6.57. The number of hydrogen-bond donors (Lipinski definition) is 1. The molecule has 0 spiro atoms. The Morgan fingerprint density at radius 3 is 2.54 bits per heavy atom. The SMILES string of the molecule is Cc1ccc([C@H]2[C@@H](c3ccccn3)NC(=S)N2Cc2ccncc2)n1C. The lowest BCUT2D eigenvalue weighted by Gasteiger charge is -2.28. The van der Waals surface area contributed by atoms with Gasteiger partial charge in [-0.15, -0.1) is 0 Å². The summed E-state index contributed by atoms with van der Waals surface area (Å²) in [7, 11) is 2.10. The van der Waals surface area contributed by atoms with Gasteiger partial charge in [-0.25, -0.2) is 0 Å². The summed E-state index contributed by atoms with van der Waals surface area (Å²) in [6, 6.07) is 14.5. The number of pyridine rings is 2. The van der Waals surface area contributed by atoms with E-state index in [9.17, 15) is 0 Å². The van der Waals surface area contributed by atoms with E-state index in [0.717, 1.165) is 17.4 Å². The highest BCUT2D eigenvalue weighted by Gasteiger charge is 2.40. The van der Waals surface area contributed by atoms with E-state index < -0.39 is 0 Å². The van der Waals surface area contributed by atoms with Crippen molar-refractivity contribution in [2.24, 2.45) is 7.05 Å². The largest absolute Gasteiger partial charge is 0.352 e. The summed E-state index contributed by atoms with van der Waals surface area (Å²) in [5.41, 5.74) is 4.62. The van der Waals surface area contributed by atoms with Crippen LogP contribution in [0.4, 0.5) is 0 Å². The first-order chi connectivity index (χ1) is 12.6. The van der Waals surface area contributed by atoms with Crippen LogP contribution in [0.2, 0.25) is 0 Å². The molecule has 1 N–H and O–H groups in total. The second kappa shape index (κ2) is 6.88. The van der Waals surface area contributed by atoms with E-state index in [1.165, 1.54) is 17.0 Å². The van der Waals surface area contributed by atoms with E-state index in [0.29, 0.717) is 0 Å². The highest BCUT2D eigenvalue weighted by Crippen LogP contribution is 2.39. The molecule has 1 aliphatic heterocycles. The normalized spacial score (nSPS) is 19.6. The van der Waals surface area contributed by atoms with E-state index >= 15 is 0 Å². The van der Waals surface area contributed by atoms with Gasteiger partial charge in [0.25, 0.3) is 0 Å². The number of hydrogen-bond acceptors (Lipinski definition) is 3. The quantitative estimate of drug-likeness (QED) is 0.721. The van der Waals surface area contributed by atoms with E-state index in [4.69, 9.17) is 12.2 Å². The molecule has 4 rings (SSSR count). The predicted octanol–water partition coefficient (Wildman–Crippen LogP) is 3.30. The van der Waals surface area contributed by atoms with Crippen LogP contribution in [0.1, 0.15) is 34.7 Å². The molecule has 4 heterocycles. The minimum absolute atomic E-state index is 0.0125. The summed E-state index contributed by atoms with van der Waals surface area (Å²) < 4.78 is 2.23. The Morgan fingerprint density at radius 2 is 1.88 bits per heavy atom. The van der Waals surface area contributed by atoms with E-state index in [1.54, 1.807) is 0 Å². The van der Waals surface area contributed by atoms with Crippen molar-refractivity contribution in [1.29, 1.82) is 0 Å². The van der Waals surface area contributed by atoms with Crippen LogP contribution < -0.4 is 5.32 Å². The van der Waals surface area contributed by atoms with Gasteiger partial charge in [0.05, 0.1) is 17.8 Å². The van der Waals surface area contributed by atoms with Crippen LogP contribution in [0.5, 0.6) is 0 Å². The molecule has 0 amide bonds. The van der Waals surface area contributed by atoms with Crippen molar-refractivity contribution in [2.45, 2.75) is 25.6 Å². The van der Waals surface area contributed by atoms with Crippen molar-refractivity contribution >= 4 is 17.3 Å². The molecule has 0 bridgehead atoms. The van der Waals surface area contributed by atoms with Crippen molar-refractivity contribution in [3.05, 3.63) is 83.7 Å². The average Bonchev–Trinajstić information content (AvgIpc) is 3.17. The topological polar surface area (TPSA) is 46.0 Å². The molecule has 132 valence electrons. The van der Waals surface area contributed by atoms with Crippen molar-refractivity contribution in [3.63, 3.8) is 0 Å². The number of aryl methyl sites for hydroxylation is 1. The Labute approximate surface area is 158 Å². The number of aromatic nitrogens is 3. The lowest BCUT2D eigenvalue weighted by Crippen LogP contribution is -2.30. The molecule has 1 fully saturated rings. The van der Waals surface area contributed by atoms with Crippen LogP contribution in [-0.4, -0.2) is 24.5 Å². The number of nitrogens with one attached hydrogen (secondary N) is 1. The molecule has 1 aliphatic rings. The summed E-state index contributed by atoms with van der Waals surface area (Å²) in [5.74, 6) is 0. The molecule has 1 saturated heterocycles. The predicted molar refractivity (Wildman–Crippen MR) is 105 cm³/mol. The molecular weight excluding hydrogens is 342 g/mol. The minimum Gasteiger partial charge on any atom is -0.352 e. The molecule has 6 heteroatoms. The second-order valence-corrected chi connectivity index (χ2v) is 6.96. The fraction of sp³-hybridized carbons (Fsp3) is 0.250. The molecule has 5 nitrogen and oxygen atoms in total. The Balaban J connectivity index is 1.76. The van der Waals surface area contributed by atoms with Crippen molar-refractivity contribution in [2.75, 3.05) is 0 Å². The summed E-state index contributed by atoms with van der Waals surface area (Å²) in [5, 5.41) is 4.24. The number of rotatable bonds is 4. The van der Waals surface area contributed by atoms with Crippen molar-refractivity contribution < 1.29 is 0 Å². The first kappa shape index (κ1) is 16.7. The molecule has 0 unspecified atom stereocenters. The molecule has 3 aromatic heterocycles. The van der Waals surface area contributed by atoms with Gasteiger partial charge in [-0.2, -0.15) is 0 Å². The Morgan fingerprint density at radius 1 is 1.08 bits per heavy atom. The zero-order chi connectivity index (χ0) is 18.1. The number of nitrogens with zero attached hydrogens (tertiary/aromatic N) is 4. The van der Waals surface area contributed by atoms with Crippen LogP contribution in [0.25, 0.3) is 0 Å². The van der Waals surface area contributed by atoms with Gasteiger partial charge in [0, 0.05) is 43.6 Å². The molecule has 26 heavy (non-hydrogen) atoms. The first-order valence-corrected chi connectivity index (χ1v) is 9.05. The zero-order valence-corrected chi connectivity index (χ0v) is 15.6. The lowest BCUT2D eigenvalue weighted by atomic mass is 10.0. The molecule has 3 aromatic rings. The molecule has 0 radical (unpaired) electrons. The van der Waals surface area contributed by atoms with Crippen molar-refractivity contribution in [1.82, 2.24) is 24.8 Å². The standard InChI is InChI=1S/C20H21N5S/c1-14-6-7-17(24(14)2)19-18(16-5-3-4-10-22-16)23-20(26)25(19)13-15-8-11-21-12-9-15/h3-12,18-19H,13H2,1-2H3,(H,23,26)/t18-,19+/m1/s1. The maximum Gasteiger partial charge on any atom is 0.170 e. The van der Waals surface area contributed by atoms with Crippen LogP contribution in [0.15, 0.2) is 61.1 Å². The molecule has 0 aliphatic carbocycles. The summed E-state index contributed by atoms with van der Waals surface area (Å²) in [6.45, 7) is 2.85. The Hall–Kier alpha value is -2.73. The molecule has 0 aromatic carbocycles. The van der Waals surface area contributed by atoms with Crippen LogP contribution in [0, 0.1) is 6.92 Å². The van der Waals surface area contributed by atoms with Crippen LogP contribution >= 0.6 is 12.2 Å². The maximum absolute atomic E-state index is 5.71. The molecular formula is C20H21N5S. The van der Waals surface area contributed by atoms with Gasteiger partial charge in [0.1, 0.15) is 0 Å². The van der Waals surface area contributed by atoms with Gasteiger partial charge in [0.2, 0.25) is 0 Å². The van der Waals surface area contributed by atoms with E-state index in [2.05, 4.69) is 56.9 Å². The first-order valence-electron chi connectivity index (χ1n) is 8.64. The third-order valence-electron chi connectivity index (χ3n) is 5.01. The minimum atomic E-state index is 0.0125. The lowest BCUT2D eigenvalue weighted by molar-refractivity contribution is 0.299. The average molecular weight is 363 g/mol. The monoisotopic (exact) mass is 363 g/mol. The van der Waals surface area contributed by atoms with Crippen LogP contribution in [0.3, 0.4) is 0 Å². The third kappa shape index (κ3) is 2.97. The van der Waals surface area contributed by atoms with Crippen molar-refractivity contribution in [3.8, 4) is 0 Å². The van der Waals surface area contributed by atoms with E-state index in [1.807, 2.05) is 42.9 Å².